The second-order valence-corrected chi connectivity index (χ2v) is 6.87. The predicted molar refractivity (Wildman–Crippen MR) is 92.3 cm³/mol. The Balaban J connectivity index is 1.79. The topological polar surface area (TPSA) is 47.3 Å². The maximum absolute atomic E-state index is 12.4. The minimum absolute atomic E-state index is 0.184. The minimum atomic E-state index is -4.23. The smallest absolute Gasteiger partial charge is 0.393 e. The molecule has 3 rings (SSSR count). The number of nitrogens with zero attached hydrogens (tertiary/aromatic N) is 2. The molecular weight excluding hydrogens is 345 g/mol. The molecule has 0 saturated carbocycles. The van der Waals surface area contributed by atoms with Gasteiger partial charge in [-0.25, -0.2) is 4.98 Å². The van der Waals surface area contributed by atoms with Gasteiger partial charge in [-0.1, -0.05) is 12.1 Å². The molecular formula is C19H19F3N2O2. The zero-order valence-corrected chi connectivity index (χ0v) is 14.4. The van der Waals surface area contributed by atoms with Crippen LogP contribution < -0.4 is 4.74 Å². The van der Waals surface area contributed by atoms with Crippen LogP contribution in [0.5, 0.6) is 11.5 Å². The molecule has 4 nitrogen and oxygen atoms in total. The van der Waals surface area contributed by atoms with Crippen LogP contribution in [0, 0.1) is 0 Å². The monoisotopic (exact) mass is 364 g/mol. The Kier molecular flexibility index (Phi) is 4.66. The van der Waals surface area contributed by atoms with E-state index in [2.05, 4.69) is 4.98 Å². The van der Waals surface area contributed by atoms with Crippen LogP contribution >= 0.6 is 0 Å². The molecule has 0 aliphatic heterocycles. The van der Waals surface area contributed by atoms with Gasteiger partial charge in [0.15, 0.2) is 0 Å². The first kappa shape index (κ1) is 18.3. The Labute approximate surface area is 148 Å². The maximum Gasteiger partial charge on any atom is 0.393 e. The van der Waals surface area contributed by atoms with E-state index >= 15 is 0 Å². The lowest BCUT2D eigenvalue weighted by Gasteiger charge is -2.18. The summed E-state index contributed by atoms with van der Waals surface area (Å²) >= 11 is 0. The second-order valence-electron chi connectivity index (χ2n) is 6.87. The fraction of sp³-hybridized carbons (Fsp3) is 0.316. The van der Waals surface area contributed by atoms with Gasteiger partial charge in [-0.3, -0.25) is 0 Å². The van der Waals surface area contributed by atoms with E-state index in [1.807, 2.05) is 4.57 Å². The first-order chi connectivity index (χ1) is 12.1. The van der Waals surface area contributed by atoms with Crippen LogP contribution in [-0.4, -0.2) is 26.4 Å². The highest BCUT2D eigenvalue weighted by atomic mass is 19.4. The van der Waals surface area contributed by atoms with Crippen LogP contribution in [0.25, 0.3) is 11.0 Å². The quantitative estimate of drug-likeness (QED) is 0.714. The zero-order valence-electron chi connectivity index (χ0n) is 14.4. The van der Waals surface area contributed by atoms with Gasteiger partial charge in [0.25, 0.3) is 0 Å². The largest absolute Gasteiger partial charge is 0.457 e. The third kappa shape index (κ3) is 4.76. The first-order valence-corrected chi connectivity index (χ1v) is 8.10. The number of fused-ring (bicyclic) bond motifs is 1. The number of rotatable bonds is 5. The van der Waals surface area contributed by atoms with Crippen molar-refractivity contribution in [2.45, 2.75) is 38.6 Å². The fourth-order valence-electron chi connectivity index (χ4n) is 2.69. The molecule has 0 radical (unpaired) electrons. The van der Waals surface area contributed by atoms with Crippen LogP contribution in [0.4, 0.5) is 13.2 Å². The number of imidazole rings is 1. The summed E-state index contributed by atoms with van der Waals surface area (Å²) in [6.45, 7) is 3.79. The molecule has 0 bridgehead atoms. The van der Waals surface area contributed by atoms with E-state index < -0.39 is 18.2 Å². The number of aliphatic hydroxyl groups is 1. The molecule has 7 heteroatoms. The summed E-state index contributed by atoms with van der Waals surface area (Å²) < 4.78 is 44.8. The van der Waals surface area contributed by atoms with Crippen LogP contribution in [-0.2, 0) is 13.0 Å². The van der Waals surface area contributed by atoms with Gasteiger partial charge < -0.3 is 14.4 Å². The number of halogens is 3. The summed E-state index contributed by atoms with van der Waals surface area (Å²) in [5, 5.41) is 10.0. The fourth-order valence-corrected chi connectivity index (χ4v) is 2.69. The molecule has 0 amide bonds. The average Bonchev–Trinajstić information content (AvgIpc) is 2.88. The third-order valence-electron chi connectivity index (χ3n) is 3.71. The van der Waals surface area contributed by atoms with Crippen molar-refractivity contribution in [3.8, 4) is 11.5 Å². The van der Waals surface area contributed by atoms with Crippen molar-refractivity contribution in [3.05, 3.63) is 54.4 Å². The molecule has 2 aromatic carbocycles. The summed E-state index contributed by atoms with van der Waals surface area (Å²) in [6.07, 6.45) is -3.54. The van der Waals surface area contributed by atoms with Gasteiger partial charge in [-0.05, 0) is 43.7 Å². The molecule has 1 aromatic heterocycles. The van der Waals surface area contributed by atoms with Crippen molar-refractivity contribution >= 4 is 11.0 Å². The van der Waals surface area contributed by atoms with E-state index in [1.165, 1.54) is 24.3 Å². The van der Waals surface area contributed by atoms with E-state index in [9.17, 15) is 18.3 Å². The van der Waals surface area contributed by atoms with Crippen molar-refractivity contribution in [2.24, 2.45) is 0 Å². The number of aromatic nitrogens is 2. The van der Waals surface area contributed by atoms with Gasteiger partial charge in [0.1, 0.15) is 11.5 Å². The molecule has 0 saturated heterocycles. The second kappa shape index (κ2) is 6.64. The molecule has 0 spiro atoms. The van der Waals surface area contributed by atoms with Crippen molar-refractivity contribution in [1.82, 2.24) is 9.55 Å². The number of alkyl halides is 3. The Bertz CT molecular complexity index is 894. The molecule has 1 N–H and O–H groups in total. The predicted octanol–water partition coefficient (Wildman–Crippen LogP) is 4.70. The number of benzene rings is 2. The van der Waals surface area contributed by atoms with Gasteiger partial charge in [-0.2, -0.15) is 13.2 Å². The third-order valence-corrected chi connectivity index (χ3v) is 3.71. The van der Waals surface area contributed by atoms with E-state index in [-0.39, 0.29) is 5.56 Å². The van der Waals surface area contributed by atoms with Crippen LogP contribution in [0.1, 0.15) is 19.4 Å². The van der Waals surface area contributed by atoms with Crippen LogP contribution in [0.3, 0.4) is 0 Å². The first-order valence-electron chi connectivity index (χ1n) is 8.10. The number of hydrogen-bond donors (Lipinski definition) is 1. The highest BCUT2D eigenvalue weighted by Crippen LogP contribution is 2.27. The van der Waals surface area contributed by atoms with Gasteiger partial charge in [0.2, 0.25) is 0 Å². The van der Waals surface area contributed by atoms with E-state index in [0.717, 1.165) is 11.0 Å². The van der Waals surface area contributed by atoms with Gasteiger partial charge in [0, 0.05) is 6.07 Å². The number of hydrogen-bond acceptors (Lipinski definition) is 3. The van der Waals surface area contributed by atoms with Crippen LogP contribution in [0.2, 0.25) is 0 Å². The summed E-state index contributed by atoms with van der Waals surface area (Å²) in [7, 11) is 0. The lowest BCUT2D eigenvalue weighted by atomic mass is 10.1. The Morgan fingerprint density at radius 3 is 2.31 bits per heavy atom. The highest BCUT2D eigenvalue weighted by Gasteiger charge is 2.27. The normalized spacial score (nSPS) is 12.5. The van der Waals surface area contributed by atoms with Crippen molar-refractivity contribution in [2.75, 3.05) is 0 Å². The Hall–Kier alpha value is -2.54. The van der Waals surface area contributed by atoms with Crippen LogP contribution in [0.15, 0.2) is 48.8 Å². The van der Waals surface area contributed by atoms with E-state index in [1.54, 1.807) is 38.4 Å². The summed E-state index contributed by atoms with van der Waals surface area (Å²) in [5.74, 6) is 0.988. The molecule has 1 heterocycles. The molecule has 0 fully saturated rings. The summed E-state index contributed by atoms with van der Waals surface area (Å²) in [4.78, 5) is 4.29. The lowest BCUT2D eigenvalue weighted by Crippen LogP contribution is -2.25. The standard InChI is InChI=1S/C19H19F3N2O2/c1-18(2,25)11-24-12-23-16-8-7-15(9-17(16)24)26-14-5-3-13(4-6-14)10-19(20,21)22/h3-9,12,25H,10-11H2,1-2H3. The SMILES string of the molecule is CC(C)(O)Cn1cnc2ccc(Oc3ccc(CC(F)(F)F)cc3)cc21. The lowest BCUT2D eigenvalue weighted by molar-refractivity contribution is -0.127. The highest BCUT2D eigenvalue weighted by molar-refractivity contribution is 5.77. The average molecular weight is 364 g/mol. The Morgan fingerprint density at radius 1 is 1.04 bits per heavy atom. The maximum atomic E-state index is 12.4. The van der Waals surface area contributed by atoms with Crippen molar-refractivity contribution < 1.29 is 23.0 Å². The minimum Gasteiger partial charge on any atom is -0.457 e. The summed E-state index contributed by atoms with van der Waals surface area (Å²) in [6, 6.07) is 11.2. The molecule has 0 aliphatic carbocycles. The van der Waals surface area contributed by atoms with Gasteiger partial charge >= 0.3 is 6.18 Å². The van der Waals surface area contributed by atoms with Crippen molar-refractivity contribution in [3.63, 3.8) is 0 Å². The van der Waals surface area contributed by atoms with Crippen molar-refractivity contribution in [1.29, 1.82) is 0 Å². The molecule has 0 unspecified atom stereocenters. The zero-order chi connectivity index (χ0) is 18.9. The molecule has 138 valence electrons. The van der Waals surface area contributed by atoms with E-state index in [4.69, 9.17) is 4.74 Å². The Morgan fingerprint density at radius 2 is 1.69 bits per heavy atom. The molecule has 26 heavy (non-hydrogen) atoms. The van der Waals surface area contributed by atoms with Gasteiger partial charge in [0.05, 0.1) is 35.9 Å². The summed E-state index contributed by atoms with van der Waals surface area (Å²) in [5.41, 5.74) is 0.864. The van der Waals surface area contributed by atoms with E-state index in [0.29, 0.717) is 18.0 Å². The molecule has 0 aliphatic rings. The van der Waals surface area contributed by atoms with Gasteiger partial charge in [-0.15, -0.1) is 0 Å². The molecule has 0 atom stereocenters. The number of ether oxygens (including phenoxy) is 1. The molecule has 3 aromatic rings.